The number of halogens is 1. The first kappa shape index (κ1) is 10.6. The largest absolute Gasteiger partial charge is 0.271 e. The molecule has 1 aromatic rings. The molecule has 3 N–H and O–H groups in total. The van der Waals surface area contributed by atoms with Gasteiger partial charge >= 0.3 is 0 Å². The van der Waals surface area contributed by atoms with Crippen LogP contribution in [0.4, 0.5) is 4.39 Å². The summed E-state index contributed by atoms with van der Waals surface area (Å²) in [5.74, 6) is 6.06. The first-order chi connectivity index (χ1) is 7.20. The number of rotatable bonds is 4. The van der Waals surface area contributed by atoms with Crippen molar-refractivity contribution in [1.82, 2.24) is 5.43 Å². The van der Waals surface area contributed by atoms with Crippen LogP contribution in [-0.4, -0.2) is 6.04 Å². The van der Waals surface area contributed by atoms with E-state index in [0.29, 0.717) is 12.0 Å². The van der Waals surface area contributed by atoms with Crippen LogP contribution in [-0.2, 0) is 6.42 Å². The molecule has 0 bridgehead atoms. The van der Waals surface area contributed by atoms with E-state index >= 15 is 0 Å². The van der Waals surface area contributed by atoms with Crippen molar-refractivity contribution in [1.29, 1.82) is 0 Å². The predicted octanol–water partition coefficient (Wildman–Crippen LogP) is 1.92. The van der Waals surface area contributed by atoms with E-state index in [2.05, 4.69) is 5.43 Å². The Hall–Kier alpha value is -0.930. The Morgan fingerprint density at radius 3 is 2.80 bits per heavy atom. The second-order valence-electron chi connectivity index (χ2n) is 4.39. The Balaban J connectivity index is 2.08. The van der Waals surface area contributed by atoms with E-state index in [1.165, 1.54) is 24.5 Å². The summed E-state index contributed by atoms with van der Waals surface area (Å²) in [6.45, 7) is 1.94. The van der Waals surface area contributed by atoms with Crippen molar-refractivity contribution >= 4 is 0 Å². The average Bonchev–Trinajstić information content (AvgIpc) is 3.00. The van der Waals surface area contributed by atoms with Crippen LogP contribution in [0, 0.1) is 18.7 Å². The number of hydrazine groups is 1. The number of benzene rings is 1. The minimum atomic E-state index is -0.167. The van der Waals surface area contributed by atoms with Crippen molar-refractivity contribution in [3.63, 3.8) is 0 Å². The molecule has 82 valence electrons. The third kappa shape index (κ3) is 2.55. The van der Waals surface area contributed by atoms with Crippen molar-refractivity contribution in [2.24, 2.45) is 11.8 Å². The molecule has 1 fully saturated rings. The fourth-order valence-corrected chi connectivity index (χ4v) is 1.99. The molecule has 1 atom stereocenters. The first-order valence-corrected chi connectivity index (χ1v) is 5.42. The Labute approximate surface area is 89.6 Å². The highest BCUT2D eigenvalue weighted by Gasteiger charge is 2.30. The molecule has 3 heteroatoms. The molecule has 1 saturated carbocycles. The predicted molar refractivity (Wildman–Crippen MR) is 58.7 cm³/mol. The second kappa shape index (κ2) is 4.29. The monoisotopic (exact) mass is 208 g/mol. The number of nitrogens with two attached hydrogens (primary N) is 1. The first-order valence-electron chi connectivity index (χ1n) is 5.42. The highest BCUT2D eigenvalue weighted by molar-refractivity contribution is 5.27. The van der Waals surface area contributed by atoms with Gasteiger partial charge in [0, 0.05) is 6.04 Å². The summed E-state index contributed by atoms with van der Waals surface area (Å²) in [6, 6.07) is 5.30. The summed E-state index contributed by atoms with van der Waals surface area (Å²) < 4.78 is 12.9. The van der Waals surface area contributed by atoms with Crippen molar-refractivity contribution in [3.05, 3.63) is 35.1 Å². The lowest BCUT2D eigenvalue weighted by Crippen LogP contribution is -2.38. The van der Waals surface area contributed by atoms with Gasteiger partial charge in [-0.15, -0.1) is 0 Å². The molecule has 1 unspecified atom stereocenters. The second-order valence-corrected chi connectivity index (χ2v) is 4.39. The highest BCUT2D eigenvalue weighted by atomic mass is 19.1. The lowest BCUT2D eigenvalue weighted by molar-refractivity contribution is 0.471. The molecule has 1 aromatic carbocycles. The van der Waals surface area contributed by atoms with Gasteiger partial charge in [0.1, 0.15) is 5.82 Å². The topological polar surface area (TPSA) is 38.0 Å². The average molecular weight is 208 g/mol. The van der Waals surface area contributed by atoms with E-state index in [1.54, 1.807) is 6.07 Å². The van der Waals surface area contributed by atoms with Gasteiger partial charge in [0.2, 0.25) is 0 Å². The summed E-state index contributed by atoms with van der Waals surface area (Å²) in [5.41, 5.74) is 5.06. The Morgan fingerprint density at radius 2 is 2.27 bits per heavy atom. The standard InChI is InChI=1S/C12H17FN2/c1-8-6-11(13)5-4-10(8)7-12(15-14)9-2-3-9/h4-6,9,12,15H,2-3,7,14H2,1H3. The summed E-state index contributed by atoms with van der Waals surface area (Å²) in [7, 11) is 0. The van der Waals surface area contributed by atoms with Gasteiger partial charge in [0.05, 0.1) is 0 Å². The fourth-order valence-electron chi connectivity index (χ4n) is 1.99. The fraction of sp³-hybridized carbons (Fsp3) is 0.500. The van der Waals surface area contributed by atoms with Crippen LogP contribution in [0.5, 0.6) is 0 Å². The van der Waals surface area contributed by atoms with Gasteiger partial charge in [-0.3, -0.25) is 11.3 Å². The number of aryl methyl sites for hydroxylation is 1. The molecule has 2 nitrogen and oxygen atoms in total. The van der Waals surface area contributed by atoms with E-state index in [4.69, 9.17) is 5.84 Å². The molecular formula is C12H17FN2. The van der Waals surface area contributed by atoms with Crippen LogP contribution in [0.25, 0.3) is 0 Å². The lowest BCUT2D eigenvalue weighted by Gasteiger charge is -2.16. The molecule has 0 aliphatic heterocycles. The van der Waals surface area contributed by atoms with E-state index < -0.39 is 0 Å². The Kier molecular flexibility index (Phi) is 3.03. The van der Waals surface area contributed by atoms with Crippen LogP contribution >= 0.6 is 0 Å². The van der Waals surface area contributed by atoms with E-state index in [1.807, 2.05) is 13.0 Å². The van der Waals surface area contributed by atoms with Crippen molar-refractivity contribution < 1.29 is 4.39 Å². The van der Waals surface area contributed by atoms with Crippen LogP contribution in [0.2, 0.25) is 0 Å². The van der Waals surface area contributed by atoms with Crippen LogP contribution < -0.4 is 11.3 Å². The van der Waals surface area contributed by atoms with Crippen molar-refractivity contribution in [2.45, 2.75) is 32.2 Å². The lowest BCUT2D eigenvalue weighted by atomic mass is 9.99. The van der Waals surface area contributed by atoms with Crippen molar-refractivity contribution in [2.75, 3.05) is 0 Å². The Morgan fingerprint density at radius 1 is 1.53 bits per heavy atom. The van der Waals surface area contributed by atoms with Gasteiger partial charge in [-0.05, 0) is 55.4 Å². The van der Waals surface area contributed by atoms with Crippen LogP contribution in [0.15, 0.2) is 18.2 Å². The zero-order valence-electron chi connectivity index (χ0n) is 8.96. The van der Waals surface area contributed by atoms with Gasteiger partial charge in [-0.25, -0.2) is 4.39 Å². The van der Waals surface area contributed by atoms with Gasteiger partial charge in [-0.2, -0.15) is 0 Å². The molecule has 0 saturated heterocycles. The molecular weight excluding hydrogens is 191 g/mol. The van der Waals surface area contributed by atoms with E-state index in [9.17, 15) is 4.39 Å². The smallest absolute Gasteiger partial charge is 0.123 e. The van der Waals surface area contributed by atoms with Gasteiger partial charge < -0.3 is 0 Å². The summed E-state index contributed by atoms with van der Waals surface area (Å²) in [5, 5.41) is 0. The molecule has 1 aliphatic rings. The maximum absolute atomic E-state index is 12.9. The molecule has 0 amide bonds. The summed E-state index contributed by atoms with van der Waals surface area (Å²) >= 11 is 0. The minimum Gasteiger partial charge on any atom is -0.271 e. The normalized spacial score (nSPS) is 17.8. The molecule has 2 rings (SSSR count). The number of hydrogen-bond acceptors (Lipinski definition) is 2. The molecule has 0 aromatic heterocycles. The molecule has 0 heterocycles. The highest BCUT2D eigenvalue weighted by Crippen LogP contribution is 2.34. The van der Waals surface area contributed by atoms with Crippen LogP contribution in [0.3, 0.4) is 0 Å². The van der Waals surface area contributed by atoms with Gasteiger partial charge in [-0.1, -0.05) is 6.07 Å². The maximum Gasteiger partial charge on any atom is 0.123 e. The zero-order chi connectivity index (χ0) is 10.8. The van der Waals surface area contributed by atoms with Gasteiger partial charge in [0.25, 0.3) is 0 Å². The quantitative estimate of drug-likeness (QED) is 0.586. The molecule has 15 heavy (non-hydrogen) atoms. The summed E-state index contributed by atoms with van der Waals surface area (Å²) in [6.07, 6.45) is 3.41. The van der Waals surface area contributed by atoms with E-state index in [0.717, 1.165) is 12.0 Å². The minimum absolute atomic E-state index is 0.167. The number of nitrogens with one attached hydrogen (secondary N) is 1. The Bertz CT molecular complexity index is 347. The van der Waals surface area contributed by atoms with Gasteiger partial charge in [0.15, 0.2) is 0 Å². The zero-order valence-corrected chi connectivity index (χ0v) is 8.96. The SMILES string of the molecule is Cc1cc(F)ccc1CC(NN)C1CC1. The third-order valence-corrected chi connectivity index (χ3v) is 3.15. The van der Waals surface area contributed by atoms with Crippen LogP contribution in [0.1, 0.15) is 24.0 Å². The molecule has 0 radical (unpaired) electrons. The third-order valence-electron chi connectivity index (χ3n) is 3.15. The van der Waals surface area contributed by atoms with Crippen molar-refractivity contribution in [3.8, 4) is 0 Å². The maximum atomic E-state index is 12.9. The molecule has 1 aliphatic carbocycles. The number of hydrogen-bond donors (Lipinski definition) is 2. The molecule has 0 spiro atoms. The van der Waals surface area contributed by atoms with E-state index in [-0.39, 0.29) is 5.82 Å². The summed E-state index contributed by atoms with van der Waals surface area (Å²) in [4.78, 5) is 0.